The van der Waals surface area contributed by atoms with E-state index in [1.54, 1.807) is 32.0 Å². The Morgan fingerprint density at radius 2 is 1.76 bits per heavy atom. The minimum Gasteiger partial charge on any atom is -0.479 e. The van der Waals surface area contributed by atoms with E-state index in [9.17, 15) is 15.0 Å². The van der Waals surface area contributed by atoms with Crippen molar-refractivity contribution in [2.75, 3.05) is 0 Å². The maximum atomic E-state index is 11.0. The molecule has 1 aromatic carbocycles. The van der Waals surface area contributed by atoms with Gasteiger partial charge in [-0.25, -0.2) is 4.79 Å². The molecule has 1 aromatic rings. The van der Waals surface area contributed by atoms with Crippen LogP contribution in [0.1, 0.15) is 25.0 Å². The quantitative estimate of drug-likeness (QED) is 0.622. The van der Waals surface area contributed by atoms with Crippen LogP contribution >= 0.6 is 0 Å². The van der Waals surface area contributed by atoms with Crippen molar-refractivity contribution in [1.29, 1.82) is 0 Å². The molecule has 1 unspecified atom stereocenters. The number of carboxylic acids is 1. The summed E-state index contributed by atoms with van der Waals surface area (Å²) in [6.45, 7) is 3.38. The third-order valence-corrected chi connectivity index (χ3v) is 2.97. The Morgan fingerprint density at radius 3 is 2.29 bits per heavy atom. The van der Waals surface area contributed by atoms with Crippen molar-refractivity contribution in [2.45, 2.75) is 31.3 Å². The lowest BCUT2D eigenvalue weighted by atomic mass is 9.83. The third kappa shape index (κ3) is 1.72. The van der Waals surface area contributed by atoms with E-state index in [0.29, 0.717) is 5.56 Å². The molecule has 1 aliphatic rings. The van der Waals surface area contributed by atoms with E-state index >= 15 is 0 Å². The zero-order valence-corrected chi connectivity index (χ0v) is 9.54. The summed E-state index contributed by atoms with van der Waals surface area (Å²) >= 11 is 0. The van der Waals surface area contributed by atoms with Crippen molar-refractivity contribution < 1.29 is 24.9 Å². The van der Waals surface area contributed by atoms with Gasteiger partial charge in [0.15, 0.2) is 0 Å². The molecule has 3 N–H and O–H groups in total. The summed E-state index contributed by atoms with van der Waals surface area (Å²) in [5.41, 5.74) is -0.139. The highest BCUT2D eigenvalue weighted by atomic mass is 16.6. The Bertz CT molecular complexity index is 464. The van der Waals surface area contributed by atoms with Crippen LogP contribution in [-0.2, 0) is 20.9 Å². The molecule has 5 heteroatoms. The topological polar surface area (TPSA) is 87.0 Å². The summed E-state index contributed by atoms with van der Waals surface area (Å²) in [6.07, 6.45) is -1.70. The van der Waals surface area contributed by atoms with Crippen LogP contribution in [-0.4, -0.2) is 27.4 Å². The molecule has 0 saturated heterocycles. The summed E-state index contributed by atoms with van der Waals surface area (Å²) in [4.78, 5) is 11.0. The lowest BCUT2D eigenvalue weighted by molar-refractivity contribution is -0.284. The molecule has 0 bridgehead atoms. The van der Waals surface area contributed by atoms with Gasteiger partial charge in [-0.1, -0.05) is 24.3 Å². The largest absolute Gasteiger partial charge is 0.479 e. The number of carboxylic acid groups (broad SMARTS) is 1. The Morgan fingerprint density at radius 1 is 1.24 bits per heavy atom. The summed E-state index contributed by atoms with van der Waals surface area (Å²) in [7, 11) is 0. The van der Waals surface area contributed by atoms with Crippen LogP contribution < -0.4 is 0 Å². The van der Waals surface area contributed by atoms with Gasteiger partial charge in [0.25, 0.3) is 0 Å². The maximum absolute atomic E-state index is 11.0. The van der Waals surface area contributed by atoms with E-state index in [-0.39, 0.29) is 5.56 Å². The van der Waals surface area contributed by atoms with Crippen molar-refractivity contribution in [3.05, 3.63) is 35.4 Å². The number of rotatable bonds is 1. The summed E-state index contributed by atoms with van der Waals surface area (Å²) in [5.74, 6) is -3.92. The maximum Gasteiger partial charge on any atom is 0.338 e. The van der Waals surface area contributed by atoms with E-state index in [2.05, 4.69) is 0 Å². The predicted molar refractivity (Wildman–Crippen MR) is 58.1 cm³/mol. The number of hydrogen-bond acceptors (Lipinski definition) is 4. The molecule has 0 spiro atoms. The zero-order chi connectivity index (χ0) is 12.8. The van der Waals surface area contributed by atoms with Crippen molar-refractivity contribution in [3.63, 3.8) is 0 Å². The fourth-order valence-corrected chi connectivity index (χ4v) is 2.13. The fourth-order valence-electron chi connectivity index (χ4n) is 2.13. The number of fused-ring (bicyclic) bond motifs is 1. The van der Waals surface area contributed by atoms with Crippen molar-refractivity contribution in [2.24, 2.45) is 0 Å². The summed E-state index contributed by atoms with van der Waals surface area (Å²) in [6, 6.07) is 6.55. The van der Waals surface area contributed by atoms with Crippen LogP contribution in [0.3, 0.4) is 0 Å². The molecule has 0 saturated carbocycles. The summed E-state index contributed by atoms with van der Waals surface area (Å²) < 4.78 is 5.28. The molecule has 1 heterocycles. The molecule has 0 aromatic heterocycles. The Balaban J connectivity index is 2.64. The van der Waals surface area contributed by atoms with Gasteiger partial charge >= 0.3 is 5.97 Å². The highest BCUT2D eigenvalue weighted by Gasteiger charge is 2.52. The first-order valence-electron chi connectivity index (χ1n) is 5.22. The minimum absolute atomic E-state index is 0.170. The Labute approximate surface area is 98.3 Å². The molecule has 2 rings (SSSR count). The molecule has 0 amide bonds. The SMILES string of the molecule is CC1(C)OC(C(=O)O)C(O)(O)c2ccccc21. The van der Waals surface area contributed by atoms with Gasteiger partial charge in [-0.2, -0.15) is 0 Å². The average molecular weight is 238 g/mol. The normalized spacial score (nSPS) is 25.1. The van der Waals surface area contributed by atoms with Crippen LogP contribution in [0.5, 0.6) is 0 Å². The Kier molecular flexibility index (Phi) is 2.50. The molecule has 1 aliphatic heterocycles. The second-order valence-electron chi connectivity index (χ2n) is 4.62. The highest BCUT2D eigenvalue weighted by Crippen LogP contribution is 2.42. The molecule has 92 valence electrons. The second-order valence-corrected chi connectivity index (χ2v) is 4.62. The van der Waals surface area contributed by atoms with E-state index in [1.807, 2.05) is 0 Å². The van der Waals surface area contributed by atoms with Gasteiger partial charge < -0.3 is 20.1 Å². The first-order valence-corrected chi connectivity index (χ1v) is 5.22. The number of benzene rings is 1. The second kappa shape index (κ2) is 3.53. The molecule has 0 fully saturated rings. The third-order valence-electron chi connectivity index (χ3n) is 2.97. The number of hydrogen-bond donors (Lipinski definition) is 3. The van der Waals surface area contributed by atoms with Gasteiger partial charge in [-0.15, -0.1) is 0 Å². The summed E-state index contributed by atoms with van der Waals surface area (Å²) in [5, 5.41) is 28.9. The van der Waals surface area contributed by atoms with Gasteiger partial charge in [-0.3, -0.25) is 0 Å². The predicted octanol–water partition coefficient (Wildman–Crippen LogP) is 0.542. The molecule has 5 nitrogen and oxygen atoms in total. The first kappa shape index (κ1) is 12.0. The van der Waals surface area contributed by atoms with Gasteiger partial charge in [0, 0.05) is 5.56 Å². The monoisotopic (exact) mass is 238 g/mol. The van der Waals surface area contributed by atoms with Gasteiger partial charge in [-0.05, 0) is 19.4 Å². The number of carbonyl (C=O) groups is 1. The van der Waals surface area contributed by atoms with Crippen LogP contribution in [0.25, 0.3) is 0 Å². The van der Waals surface area contributed by atoms with E-state index < -0.39 is 23.5 Å². The van der Waals surface area contributed by atoms with Crippen LogP contribution in [0.4, 0.5) is 0 Å². The molecular formula is C12H14O5. The number of aliphatic hydroxyl groups is 2. The zero-order valence-electron chi connectivity index (χ0n) is 9.54. The molecule has 1 atom stereocenters. The van der Waals surface area contributed by atoms with Crippen molar-refractivity contribution in [3.8, 4) is 0 Å². The standard InChI is InChI=1S/C12H14O5/c1-11(2)7-5-3-4-6-8(7)12(15,16)9(17-11)10(13)14/h3-6,9,15-16H,1-2H3,(H,13,14). The lowest BCUT2D eigenvalue weighted by Gasteiger charge is -2.43. The van der Waals surface area contributed by atoms with Gasteiger partial charge in [0.1, 0.15) is 0 Å². The lowest BCUT2D eigenvalue weighted by Crippen LogP contribution is -2.54. The molecule has 17 heavy (non-hydrogen) atoms. The Hall–Kier alpha value is -1.43. The fraction of sp³-hybridized carbons (Fsp3) is 0.417. The van der Waals surface area contributed by atoms with E-state index in [0.717, 1.165) is 0 Å². The first-order chi connectivity index (χ1) is 7.77. The van der Waals surface area contributed by atoms with Crippen molar-refractivity contribution >= 4 is 5.97 Å². The van der Waals surface area contributed by atoms with Crippen LogP contribution in [0.2, 0.25) is 0 Å². The van der Waals surface area contributed by atoms with Crippen LogP contribution in [0.15, 0.2) is 24.3 Å². The van der Waals surface area contributed by atoms with Gasteiger partial charge in [0.2, 0.25) is 11.9 Å². The van der Waals surface area contributed by atoms with Crippen LogP contribution in [0, 0.1) is 0 Å². The smallest absolute Gasteiger partial charge is 0.338 e. The number of aliphatic carboxylic acids is 1. The molecule has 0 aliphatic carbocycles. The highest BCUT2D eigenvalue weighted by molar-refractivity contribution is 5.75. The minimum atomic E-state index is -2.52. The van der Waals surface area contributed by atoms with E-state index in [1.165, 1.54) is 6.07 Å². The number of ether oxygens (including phenoxy) is 1. The molecular weight excluding hydrogens is 224 g/mol. The molecule has 0 radical (unpaired) electrons. The van der Waals surface area contributed by atoms with Crippen molar-refractivity contribution in [1.82, 2.24) is 0 Å². The average Bonchev–Trinajstić information content (AvgIpc) is 2.24. The van der Waals surface area contributed by atoms with Gasteiger partial charge in [0.05, 0.1) is 5.60 Å². The van der Waals surface area contributed by atoms with E-state index in [4.69, 9.17) is 9.84 Å².